The van der Waals surface area contributed by atoms with Crippen molar-refractivity contribution in [3.63, 3.8) is 0 Å². The normalized spacial score (nSPS) is 14.2. The number of methoxy groups -OCH3 is 1. The second-order valence-corrected chi connectivity index (χ2v) is 9.21. The maximum atomic E-state index is 12.6. The predicted molar refractivity (Wildman–Crippen MR) is 115 cm³/mol. The van der Waals surface area contributed by atoms with Gasteiger partial charge in [0.1, 0.15) is 17.7 Å². The molecule has 3 aromatic rings. The summed E-state index contributed by atoms with van der Waals surface area (Å²) in [7, 11) is 1.51. The number of hydrogen-bond acceptors (Lipinski definition) is 5. The molecule has 1 heterocycles. The van der Waals surface area contributed by atoms with E-state index < -0.39 is 16.5 Å². The summed E-state index contributed by atoms with van der Waals surface area (Å²) >= 11 is -0.151. The van der Waals surface area contributed by atoms with Gasteiger partial charge in [0, 0.05) is 28.4 Å². The number of halogens is 3. The van der Waals surface area contributed by atoms with Crippen LogP contribution in [0.1, 0.15) is 31.9 Å². The molecule has 3 rings (SSSR count). The molecule has 1 N–H and O–H groups in total. The largest absolute Gasteiger partial charge is 0.496 e. The molecule has 0 saturated heterocycles. The van der Waals surface area contributed by atoms with E-state index in [1.807, 2.05) is 26.8 Å². The van der Waals surface area contributed by atoms with Crippen LogP contribution in [-0.4, -0.2) is 27.7 Å². The fourth-order valence-corrected chi connectivity index (χ4v) is 4.04. The van der Waals surface area contributed by atoms with Crippen LogP contribution in [-0.2, 0) is 5.60 Å². The molecule has 164 valence electrons. The number of thioether (sulfide) groups is 1. The van der Waals surface area contributed by atoms with Gasteiger partial charge in [-0.2, -0.15) is 13.2 Å². The molecule has 0 aliphatic heterocycles. The number of nitrogens with zero attached hydrogens (tertiary/aromatic N) is 2. The van der Waals surface area contributed by atoms with E-state index in [2.05, 4.69) is 9.97 Å². The van der Waals surface area contributed by atoms with Crippen LogP contribution in [0.3, 0.4) is 0 Å². The van der Waals surface area contributed by atoms with Gasteiger partial charge in [-0.25, -0.2) is 9.97 Å². The molecule has 1 aromatic heterocycles. The second kappa shape index (κ2) is 8.51. The van der Waals surface area contributed by atoms with Crippen molar-refractivity contribution in [1.29, 1.82) is 0 Å². The number of hydrogen-bond donors (Lipinski definition) is 1. The number of rotatable bonds is 5. The lowest BCUT2D eigenvalue weighted by atomic mass is 9.68. The van der Waals surface area contributed by atoms with Gasteiger partial charge < -0.3 is 9.84 Å². The average molecular weight is 449 g/mol. The first-order valence-corrected chi connectivity index (χ1v) is 10.3. The minimum absolute atomic E-state index is 0.117. The average Bonchev–Trinajstić information content (AvgIpc) is 2.72. The van der Waals surface area contributed by atoms with Crippen molar-refractivity contribution in [2.24, 2.45) is 5.41 Å². The summed E-state index contributed by atoms with van der Waals surface area (Å²) in [6.45, 7) is 5.72. The van der Waals surface area contributed by atoms with Gasteiger partial charge in [0.05, 0.1) is 7.11 Å². The highest BCUT2D eigenvalue weighted by Gasteiger charge is 2.45. The zero-order valence-electron chi connectivity index (χ0n) is 17.6. The van der Waals surface area contributed by atoms with Crippen LogP contribution >= 0.6 is 11.8 Å². The molecule has 0 bridgehead atoms. The summed E-state index contributed by atoms with van der Waals surface area (Å²) in [5.41, 5.74) is -3.82. The molecular weight excluding hydrogens is 425 g/mol. The van der Waals surface area contributed by atoms with E-state index in [0.717, 1.165) is 11.1 Å². The maximum absolute atomic E-state index is 12.6. The van der Waals surface area contributed by atoms with Gasteiger partial charge in [0.2, 0.25) is 0 Å². The van der Waals surface area contributed by atoms with Gasteiger partial charge in [0.15, 0.2) is 0 Å². The Balaban J connectivity index is 2.05. The van der Waals surface area contributed by atoms with Crippen molar-refractivity contribution in [3.05, 3.63) is 72.3 Å². The Morgan fingerprint density at radius 3 is 2.00 bits per heavy atom. The lowest BCUT2D eigenvalue weighted by molar-refractivity contribution is -0.0328. The number of aromatic nitrogens is 2. The van der Waals surface area contributed by atoms with Crippen LogP contribution in [0.5, 0.6) is 5.75 Å². The number of aliphatic hydroxyl groups is 1. The van der Waals surface area contributed by atoms with E-state index in [0.29, 0.717) is 16.9 Å². The summed E-state index contributed by atoms with van der Waals surface area (Å²) in [5, 5.41) is 11.8. The highest BCUT2D eigenvalue weighted by molar-refractivity contribution is 8.00. The van der Waals surface area contributed by atoms with Crippen LogP contribution in [0.4, 0.5) is 13.2 Å². The first-order valence-electron chi connectivity index (χ1n) is 9.48. The topological polar surface area (TPSA) is 55.2 Å². The third kappa shape index (κ3) is 4.85. The van der Waals surface area contributed by atoms with E-state index in [1.54, 1.807) is 36.7 Å². The zero-order chi connectivity index (χ0) is 22.9. The Bertz CT molecular complexity index is 1040. The molecule has 0 aliphatic carbocycles. The van der Waals surface area contributed by atoms with Crippen molar-refractivity contribution in [2.45, 2.75) is 36.8 Å². The molecule has 0 radical (unpaired) electrons. The standard InChI is InChI=1S/C23H23F3N2O2S/c1-21(2,3)22(29,17-12-27-14-28-13-17)19-10-7-16(11-20(19)30-4)15-5-8-18(9-6-15)31-23(24,25)26/h5-14,29H,1-4H3. The van der Waals surface area contributed by atoms with Crippen LogP contribution in [0, 0.1) is 5.41 Å². The van der Waals surface area contributed by atoms with Crippen molar-refractivity contribution in [1.82, 2.24) is 9.97 Å². The highest BCUT2D eigenvalue weighted by atomic mass is 32.2. The SMILES string of the molecule is COc1cc(-c2ccc(SC(F)(F)F)cc2)ccc1C(O)(c1cncnc1)C(C)(C)C. The summed E-state index contributed by atoms with van der Waals surface area (Å²) < 4.78 is 43.3. The molecule has 1 atom stereocenters. The first kappa shape index (κ1) is 23.1. The van der Waals surface area contributed by atoms with Crippen LogP contribution in [0.15, 0.2) is 66.1 Å². The van der Waals surface area contributed by atoms with Crippen LogP contribution < -0.4 is 4.74 Å². The zero-order valence-corrected chi connectivity index (χ0v) is 18.4. The summed E-state index contributed by atoms with van der Waals surface area (Å²) in [6.07, 6.45) is 4.54. The van der Waals surface area contributed by atoms with Crippen molar-refractivity contribution >= 4 is 11.8 Å². The number of alkyl halides is 3. The third-order valence-electron chi connectivity index (χ3n) is 5.08. The minimum atomic E-state index is -4.33. The van der Waals surface area contributed by atoms with Gasteiger partial charge in [-0.3, -0.25) is 0 Å². The lowest BCUT2D eigenvalue weighted by Gasteiger charge is -2.41. The number of ether oxygens (including phenoxy) is 1. The Morgan fingerprint density at radius 1 is 0.903 bits per heavy atom. The molecule has 4 nitrogen and oxygen atoms in total. The van der Waals surface area contributed by atoms with E-state index in [9.17, 15) is 18.3 Å². The smallest absolute Gasteiger partial charge is 0.446 e. The van der Waals surface area contributed by atoms with Crippen molar-refractivity contribution in [3.8, 4) is 16.9 Å². The van der Waals surface area contributed by atoms with E-state index in [1.165, 1.54) is 25.6 Å². The molecule has 31 heavy (non-hydrogen) atoms. The Morgan fingerprint density at radius 2 is 1.48 bits per heavy atom. The maximum Gasteiger partial charge on any atom is 0.446 e. The monoisotopic (exact) mass is 448 g/mol. The quantitative estimate of drug-likeness (QED) is 0.482. The third-order valence-corrected chi connectivity index (χ3v) is 5.82. The van der Waals surface area contributed by atoms with E-state index >= 15 is 0 Å². The Kier molecular flexibility index (Phi) is 6.34. The Labute approximate surface area is 183 Å². The van der Waals surface area contributed by atoms with Crippen molar-refractivity contribution in [2.75, 3.05) is 7.11 Å². The minimum Gasteiger partial charge on any atom is -0.496 e. The van der Waals surface area contributed by atoms with Gasteiger partial charge in [-0.05, 0) is 46.5 Å². The van der Waals surface area contributed by atoms with Crippen LogP contribution in [0.25, 0.3) is 11.1 Å². The molecular formula is C23H23F3N2O2S. The van der Waals surface area contributed by atoms with Gasteiger partial charge in [0.25, 0.3) is 0 Å². The molecule has 0 fully saturated rings. The van der Waals surface area contributed by atoms with E-state index in [4.69, 9.17) is 4.74 Å². The first-order chi connectivity index (χ1) is 14.5. The van der Waals surface area contributed by atoms with Gasteiger partial charge in [-0.15, -0.1) is 0 Å². The molecule has 8 heteroatoms. The van der Waals surface area contributed by atoms with Crippen molar-refractivity contribution < 1.29 is 23.0 Å². The molecule has 0 saturated carbocycles. The molecule has 2 aromatic carbocycles. The predicted octanol–water partition coefficient (Wildman–Crippen LogP) is 6.05. The summed E-state index contributed by atoms with van der Waals surface area (Å²) in [6, 6.07) is 11.5. The fourth-order valence-electron chi connectivity index (χ4n) is 3.50. The van der Waals surface area contributed by atoms with Crippen LogP contribution in [0.2, 0.25) is 0 Å². The Hall–Kier alpha value is -2.58. The van der Waals surface area contributed by atoms with Gasteiger partial charge in [-0.1, -0.05) is 45.0 Å². The van der Waals surface area contributed by atoms with E-state index in [-0.39, 0.29) is 16.7 Å². The molecule has 0 aliphatic rings. The molecule has 1 unspecified atom stereocenters. The molecule has 0 amide bonds. The summed E-state index contributed by atoms with van der Waals surface area (Å²) in [4.78, 5) is 8.22. The molecule has 0 spiro atoms. The highest BCUT2D eigenvalue weighted by Crippen LogP contribution is 2.48. The summed E-state index contributed by atoms with van der Waals surface area (Å²) in [5.74, 6) is 0.451. The van der Waals surface area contributed by atoms with Gasteiger partial charge >= 0.3 is 5.51 Å². The lowest BCUT2D eigenvalue weighted by Crippen LogP contribution is -2.41. The second-order valence-electron chi connectivity index (χ2n) is 8.07. The fraction of sp³-hybridized carbons (Fsp3) is 0.304. The number of benzene rings is 2.